The monoisotopic (exact) mass is 286 g/mol. The fraction of sp³-hybridized carbons (Fsp3) is 0.462. The third-order valence-corrected chi connectivity index (χ3v) is 3.84. The van der Waals surface area contributed by atoms with E-state index in [9.17, 15) is 4.79 Å². The average molecular weight is 287 g/mol. The standard InChI is InChI=1S/C13H16Cl2N2O/c1-8-5-11(15)12(7-10(8)14)17-13(18)6-9-3-2-4-16-9/h5,7,9,16H,2-4,6H2,1H3,(H,17,18). The summed E-state index contributed by atoms with van der Waals surface area (Å²) in [6.07, 6.45) is 2.66. The molecule has 18 heavy (non-hydrogen) atoms. The molecule has 2 rings (SSSR count). The van der Waals surface area contributed by atoms with Gasteiger partial charge in [-0.2, -0.15) is 0 Å². The lowest BCUT2D eigenvalue weighted by Crippen LogP contribution is -2.27. The Labute approximate surface area is 117 Å². The van der Waals surface area contributed by atoms with Crippen LogP contribution in [0.2, 0.25) is 10.0 Å². The highest BCUT2D eigenvalue weighted by Crippen LogP contribution is 2.29. The minimum Gasteiger partial charge on any atom is -0.325 e. The molecule has 5 heteroatoms. The molecule has 98 valence electrons. The number of carbonyl (C=O) groups is 1. The molecule has 0 aliphatic carbocycles. The van der Waals surface area contributed by atoms with Crippen molar-refractivity contribution in [3.8, 4) is 0 Å². The number of carbonyl (C=O) groups excluding carboxylic acids is 1. The molecule has 0 bridgehead atoms. The van der Waals surface area contributed by atoms with E-state index in [2.05, 4.69) is 10.6 Å². The summed E-state index contributed by atoms with van der Waals surface area (Å²) >= 11 is 12.1. The Kier molecular flexibility index (Phi) is 4.49. The first-order valence-electron chi connectivity index (χ1n) is 6.05. The van der Waals surface area contributed by atoms with E-state index in [1.165, 1.54) is 0 Å². The second kappa shape index (κ2) is 5.91. The number of hydrogen-bond donors (Lipinski definition) is 2. The van der Waals surface area contributed by atoms with Gasteiger partial charge in [0.05, 0.1) is 10.7 Å². The van der Waals surface area contributed by atoms with Gasteiger partial charge in [0.1, 0.15) is 0 Å². The van der Waals surface area contributed by atoms with Crippen LogP contribution < -0.4 is 10.6 Å². The van der Waals surface area contributed by atoms with Crippen molar-refractivity contribution in [1.29, 1.82) is 0 Å². The van der Waals surface area contributed by atoms with Crippen LogP contribution in [-0.2, 0) is 4.79 Å². The van der Waals surface area contributed by atoms with Gasteiger partial charge < -0.3 is 10.6 Å². The van der Waals surface area contributed by atoms with Crippen LogP contribution in [0.25, 0.3) is 0 Å². The zero-order chi connectivity index (χ0) is 13.1. The summed E-state index contributed by atoms with van der Waals surface area (Å²) in [7, 11) is 0. The lowest BCUT2D eigenvalue weighted by Gasteiger charge is -2.12. The zero-order valence-electron chi connectivity index (χ0n) is 10.2. The van der Waals surface area contributed by atoms with Crippen molar-refractivity contribution in [2.24, 2.45) is 0 Å². The number of halogens is 2. The number of nitrogens with one attached hydrogen (secondary N) is 2. The van der Waals surface area contributed by atoms with Crippen molar-refractivity contribution in [2.75, 3.05) is 11.9 Å². The Balaban J connectivity index is 2.00. The fourth-order valence-corrected chi connectivity index (χ4v) is 2.53. The molecule has 1 aliphatic rings. The van der Waals surface area contributed by atoms with Gasteiger partial charge in [0, 0.05) is 17.5 Å². The van der Waals surface area contributed by atoms with Crippen LogP contribution in [0.3, 0.4) is 0 Å². The van der Waals surface area contributed by atoms with Gasteiger partial charge in [0.15, 0.2) is 0 Å². The molecule has 2 N–H and O–H groups in total. The normalized spacial score (nSPS) is 18.9. The Hall–Kier alpha value is -0.770. The lowest BCUT2D eigenvalue weighted by molar-refractivity contribution is -0.116. The van der Waals surface area contributed by atoms with E-state index in [1.807, 2.05) is 6.92 Å². The predicted octanol–water partition coefficient (Wildman–Crippen LogP) is 3.38. The topological polar surface area (TPSA) is 41.1 Å². The van der Waals surface area contributed by atoms with Gasteiger partial charge in [-0.1, -0.05) is 23.2 Å². The predicted molar refractivity (Wildman–Crippen MR) is 75.5 cm³/mol. The van der Waals surface area contributed by atoms with E-state index < -0.39 is 0 Å². The van der Waals surface area contributed by atoms with Gasteiger partial charge >= 0.3 is 0 Å². The summed E-state index contributed by atoms with van der Waals surface area (Å²) < 4.78 is 0. The van der Waals surface area contributed by atoms with Crippen molar-refractivity contribution in [2.45, 2.75) is 32.2 Å². The SMILES string of the molecule is Cc1cc(Cl)c(NC(=O)CC2CCCN2)cc1Cl. The number of anilines is 1. The Morgan fingerprint density at radius 2 is 2.22 bits per heavy atom. The van der Waals surface area contributed by atoms with E-state index in [4.69, 9.17) is 23.2 Å². The highest BCUT2D eigenvalue weighted by Gasteiger charge is 2.18. The average Bonchev–Trinajstić information content (AvgIpc) is 2.78. The van der Waals surface area contributed by atoms with Crippen molar-refractivity contribution >= 4 is 34.8 Å². The van der Waals surface area contributed by atoms with E-state index in [0.29, 0.717) is 22.2 Å². The third-order valence-electron chi connectivity index (χ3n) is 3.12. The van der Waals surface area contributed by atoms with Crippen LogP contribution in [0.5, 0.6) is 0 Å². The van der Waals surface area contributed by atoms with Gasteiger partial charge in [-0.05, 0) is 44.0 Å². The number of rotatable bonds is 3. The molecule has 1 saturated heterocycles. The molecule has 1 aromatic carbocycles. The molecule has 1 aromatic rings. The minimum absolute atomic E-state index is 0.0313. The van der Waals surface area contributed by atoms with Crippen molar-refractivity contribution in [1.82, 2.24) is 5.32 Å². The van der Waals surface area contributed by atoms with Crippen LogP contribution in [0.1, 0.15) is 24.8 Å². The summed E-state index contributed by atoms with van der Waals surface area (Å²) in [5, 5.41) is 7.22. The molecule has 0 spiro atoms. The molecule has 1 amide bonds. The molecule has 0 saturated carbocycles. The Morgan fingerprint density at radius 1 is 1.44 bits per heavy atom. The van der Waals surface area contributed by atoms with E-state index >= 15 is 0 Å². The van der Waals surface area contributed by atoms with Gasteiger partial charge in [-0.15, -0.1) is 0 Å². The summed E-state index contributed by atoms with van der Waals surface area (Å²) in [4.78, 5) is 11.9. The molecule has 0 radical (unpaired) electrons. The number of aryl methyl sites for hydroxylation is 1. The van der Waals surface area contributed by atoms with Crippen molar-refractivity contribution in [3.63, 3.8) is 0 Å². The third kappa shape index (κ3) is 3.37. The molecular formula is C13H16Cl2N2O. The van der Waals surface area contributed by atoms with Gasteiger partial charge in [-0.25, -0.2) is 0 Å². The van der Waals surface area contributed by atoms with E-state index in [1.54, 1.807) is 12.1 Å². The van der Waals surface area contributed by atoms with Gasteiger partial charge in [0.2, 0.25) is 5.91 Å². The van der Waals surface area contributed by atoms with Crippen LogP contribution >= 0.6 is 23.2 Å². The smallest absolute Gasteiger partial charge is 0.225 e. The van der Waals surface area contributed by atoms with Crippen molar-refractivity contribution in [3.05, 3.63) is 27.7 Å². The summed E-state index contributed by atoms with van der Waals surface area (Å²) in [5.74, 6) is -0.0313. The molecular weight excluding hydrogens is 271 g/mol. The van der Waals surface area contributed by atoms with E-state index in [-0.39, 0.29) is 11.9 Å². The van der Waals surface area contributed by atoms with Gasteiger partial charge in [0.25, 0.3) is 0 Å². The molecule has 1 atom stereocenters. The minimum atomic E-state index is -0.0313. The summed E-state index contributed by atoms with van der Waals surface area (Å²) in [5.41, 5.74) is 1.48. The lowest BCUT2D eigenvalue weighted by atomic mass is 10.1. The maximum atomic E-state index is 11.9. The molecule has 1 unspecified atom stereocenters. The number of amides is 1. The van der Waals surface area contributed by atoms with Crippen LogP contribution in [0.4, 0.5) is 5.69 Å². The first-order valence-corrected chi connectivity index (χ1v) is 6.80. The molecule has 1 aliphatic heterocycles. The van der Waals surface area contributed by atoms with E-state index in [0.717, 1.165) is 24.9 Å². The number of hydrogen-bond acceptors (Lipinski definition) is 2. The maximum absolute atomic E-state index is 11.9. The van der Waals surface area contributed by atoms with Crippen molar-refractivity contribution < 1.29 is 4.79 Å². The largest absolute Gasteiger partial charge is 0.325 e. The first kappa shape index (κ1) is 13.7. The fourth-order valence-electron chi connectivity index (χ4n) is 2.10. The number of benzene rings is 1. The van der Waals surface area contributed by atoms with Crippen LogP contribution in [0, 0.1) is 6.92 Å². The quantitative estimate of drug-likeness (QED) is 0.894. The van der Waals surface area contributed by atoms with Crippen LogP contribution in [0.15, 0.2) is 12.1 Å². The summed E-state index contributed by atoms with van der Waals surface area (Å²) in [6.45, 7) is 2.87. The molecule has 1 heterocycles. The zero-order valence-corrected chi connectivity index (χ0v) is 11.7. The maximum Gasteiger partial charge on any atom is 0.225 e. The molecule has 1 fully saturated rings. The second-order valence-corrected chi connectivity index (χ2v) is 5.44. The highest BCUT2D eigenvalue weighted by molar-refractivity contribution is 6.36. The van der Waals surface area contributed by atoms with Gasteiger partial charge in [-0.3, -0.25) is 4.79 Å². The first-order chi connectivity index (χ1) is 8.56. The summed E-state index contributed by atoms with van der Waals surface area (Å²) in [6, 6.07) is 3.73. The molecule has 0 aromatic heterocycles. The van der Waals surface area contributed by atoms with Crippen LogP contribution in [-0.4, -0.2) is 18.5 Å². The Morgan fingerprint density at radius 3 is 2.89 bits per heavy atom. The Bertz CT molecular complexity index is 457. The second-order valence-electron chi connectivity index (χ2n) is 4.63. The molecule has 3 nitrogen and oxygen atoms in total. The highest BCUT2D eigenvalue weighted by atomic mass is 35.5.